The molecule has 1 atom stereocenters. The van der Waals surface area contributed by atoms with Gasteiger partial charge in [0.05, 0.1) is 18.1 Å². The maximum absolute atomic E-state index is 12.5. The Morgan fingerprint density at radius 3 is 2.54 bits per heavy atom. The van der Waals surface area contributed by atoms with Crippen molar-refractivity contribution in [2.75, 3.05) is 7.11 Å². The van der Waals surface area contributed by atoms with E-state index in [1.807, 2.05) is 24.3 Å². The number of carbonyl (C=O) groups excluding carboxylic acids is 1. The van der Waals surface area contributed by atoms with Crippen LogP contribution >= 0.6 is 0 Å². The average molecular weight is 326 g/mol. The minimum Gasteiger partial charge on any atom is -0.497 e. The number of benzene rings is 2. The van der Waals surface area contributed by atoms with E-state index < -0.39 is 4.92 Å². The number of non-ortho nitro benzene ring substituents is 1. The fourth-order valence-electron chi connectivity index (χ4n) is 2.70. The van der Waals surface area contributed by atoms with Gasteiger partial charge in [0.15, 0.2) is 0 Å². The molecule has 2 aromatic carbocycles. The van der Waals surface area contributed by atoms with Gasteiger partial charge in [0.25, 0.3) is 11.6 Å². The Hall–Kier alpha value is -2.89. The summed E-state index contributed by atoms with van der Waals surface area (Å²) in [5.74, 6) is 0.866. The van der Waals surface area contributed by atoms with Crippen LogP contribution in [-0.4, -0.2) is 17.9 Å². The summed E-state index contributed by atoms with van der Waals surface area (Å²) in [5, 5.41) is 13.9. The standard InChI is InChI=1S/C18H18N2O4/c1-24-16-9-7-13(8-10-16)17(12-5-6-12)19-18(21)14-3-2-4-15(11-14)20(22)23/h2-4,7-12,17H,5-6H2,1H3,(H,19,21)/t17-/m0/s1. The SMILES string of the molecule is COc1ccc([C@@H](NC(=O)c2cccc([N+](=O)[O-])c2)C2CC2)cc1. The number of methoxy groups -OCH3 is 1. The van der Waals surface area contributed by atoms with Gasteiger partial charge < -0.3 is 10.1 Å². The van der Waals surface area contributed by atoms with Crippen molar-refractivity contribution >= 4 is 11.6 Å². The molecule has 6 heteroatoms. The second-order valence-electron chi connectivity index (χ2n) is 5.87. The van der Waals surface area contributed by atoms with Crippen LogP contribution in [0.3, 0.4) is 0 Å². The maximum atomic E-state index is 12.5. The van der Waals surface area contributed by atoms with Crippen LogP contribution in [0.1, 0.15) is 34.8 Å². The minimum absolute atomic E-state index is 0.0879. The number of hydrogen-bond acceptors (Lipinski definition) is 4. The quantitative estimate of drug-likeness (QED) is 0.651. The Bertz CT molecular complexity index is 754. The van der Waals surface area contributed by atoms with E-state index in [0.717, 1.165) is 24.2 Å². The lowest BCUT2D eigenvalue weighted by atomic mass is 10.0. The molecule has 0 saturated heterocycles. The van der Waals surface area contributed by atoms with E-state index >= 15 is 0 Å². The summed E-state index contributed by atoms with van der Waals surface area (Å²) in [6.07, 6.45) is 2.12. The molecule has 0 radical (unpaired) electrons. The molecule has 1 fully saturated rings. The van der Waals surface area contributed by atoms with E-state index in [0.29, 0.717) is 11.5 Å². The third-order valence-corrected chi connectivity index (χ3v) is 4.17. The maximum Gasteiger partial charge on any atom is 0.270 e. The third kappa shape index (κ3) is 3.53. The average Bonchev–Trinajstić information content (AvgIpc) is 3.44. The van der Waals surface area contributed by atoms with Crippen LogP contribution in [0.25, 0.3) is 0 Å². The third-order valence-electron chi connectivity index (χ3n) is 4.17. The molecule has 1 N–H and O–H groups in total. The molecular weight excluding hydrogens is 308 g/mol. The van der Waals surface area contributed by atoms with Crippen LogP contribution in [0.2, 0.25) is 0 Å². The summed E-state index contributed by atoms with van der Waals surface area (Å²) in [6, 6.07) is 13.3. The first-order valence-electron chi connectivity index (χ1n) is 7.78. The molecule has 0 spiro atoms. The molecule has 1 amide bonds. The highest BCUT2D eigenvalue weighted by Crippen LogP contribution is 2.41. The second-order valence-corrected chi connectivity index (χ2v) is 5.87. The highest BCUT2D eigenvalue weighted by molar-refractivity contribution is 5.95. The second kappa shape index (κ2) is 6.70. The summed E-state index contributed by atoms with van der Waals surface area (Å²) in [7, 11) is 1.61. The number of nitrogens with zero attached hydrogens (tertiary/aromatic N) is 1. The Labute approximate surface area is 139 Å². The van der Waals surface area contributed by atoms with Crippen LogP contribution in [0, 0.1) is 16.0 Å². The van der Waals surface area contributed by atoms with Crippen molar-refractivity contribution in [3.05, 3.63) is 69.8 Å². The van der Waals surface area contributed by atoms with Gasteiger partial charge in [0.2, 0.25) is 0 Å². The normalized spacial score (nSPS) is 14.7. The van der Waals surface area contributed by atoms with Crippen LogP contribution in [-0.2, 0) is 0 Å². The van der Waals surface area contributed by atoms with E-state index in [1.54, 1.807) is 13.2 Å². The topological polar surface area (TPSA) is 81.5 Å². The van der Waals surface area contributed by atoms with Gasteiger partial charge in [-0.1, -0.05) is 18.2 Å². The lowest BCUT2D eigenvalue weighted by Gasteiger charge is -2.19. The minimum atomic E-state index is -0.501. The van der Waals surface area contributed by atoms with Crippen molar-refractivity contribution < 1.29 is 14.5 Å². The van der Waals surface area contributed by atoms with Gasteiger partial charge >= 0.3 is 0 Å². The number of nitro groups is 1. The monoisotopic (exact) mass is 326 g/mol. The number of rotatable bonds is 6. The van der Waals surface area contributed by atoms with Crippen molar-refractivity contribution in [3.63, 3.8) is 0 Å². The molecule has 0 heterocycles. The lowest BCUT2D eigenvalue weighted by Crippen LogP contribution is -2.29. The smallest absolute Gasteiger partial charge is 0.270 e. The molecule has 0 aliphatic heterocycles. The molecule has 1 aliphatic rings. The first kappa shape index (κ1) is 16.0. The molecule has 6 nitrogen and oxygen atoms in total. The number of carbonyl (C=O) groups is 1. The van der Waals surface area contributed by atoms with Gasteiger partial charge in [-0.15, -0.1) is 0 Å². The zero-order chi connectivity index (χ0) is 17.1. The zero-order valence-electron chi connectivity index (χ0n) is 13.3. The van der Waals surface area contributed by atoms with Gasteiger partial charge in [-0.05, 0) is 42.5 Å². The first-order valence-corrected chi connectivity index (χ1v) is 7.78. The van der Waals surface area contributed by atoms with E-state index in [-0.39, 0.29) is 17.6 Å². The van der Waals surface area contributed by atoms with E-state index in [1.165, 1.54) is 18.2 Å². The Morgan fingerprint density at radius 2 is 1.96 bits per heavy atom. The predicted octanol–water partition coefficient (Wildman–Crippen LogP) is 3.48. The summed E-state index contributed by atoms with van der Waals surface area (Å²) >= 11 is 0. The molecule has 3 rings (SSSR count). The molecule has 1 saturated carbocycles. The molecule has 0 aromatic heterocycles. The Balaban J connectivity index is 1.79. The van der Waals surface area contributed by atoms with Crippen LogP contribution < -0.4 is 10.1 Å². The predicted molar refractivity (Wildman–Crippen MR) is 89.0 cm³/mol. The number of nitrogens with one attached hydrogen (secondary N) is 1. The number of nitro benzene ring substituents is 1. The van der Waals surface area contributed by atoms with E-state index in [2.05, 4.69) is 5.32 Å². The number of amides is 1. The van der Waals surface area contributed by atoms with Crippen molar-refractivity contribution in [3.8, 4) is 5.75 Å². The van der Waals surface area contributed by atoms with Gasteiger partial charge in [0, 0.05) is 17.7 Å². The summed E-state index contributed by atoms with van der Waals surface area (Å²) < 4.78 is 5.16. The lowest BCUT2D eigenvalue weighted by molar-refractivity contribution is -0.384. The highest BCUT2D eigenvalue weighted by Gasteiger charge is 2.33. The van der Waals surface area contributed by atoms with Crippen molar-refractivity contribution in [2.24, 2.45) is 5.92 Å². The molecule has 2 aromatic rings. The molecule has 0 bridgehead atoms. The number of hydrogen-bond donors (Lipinski definition) is 1. The largest absolute Gasteiger partial charge is 0.497 e. The fraction of sp³-hybridized carbons (Fsp3) is 0.278. The fourth-order valence-corrected chi connectivity index (χ4v) is 2.70. The van der Waals surface area contributed by atoms with Crippen molar-refractivity contribution in [1.29, 1.82) is 0 Å². The van der Waals surface area contributed by atoms with Crippen molar-refractivity contribution in [1.82, 2.24) is 5.32 Å². The summed E-state index contributed by atoms with van der Waals surface area (Å²) in [5.41, 5.74) is 1.22. The van der Waals surface area contributed by atoms with Gasteiger partial charge in [-0.25, -0.2) is 0 Å². The number of ether oxygens (including phenoxy) is 1. The van der Waals surface area contributed by atoms with Gasteiger partial charge in [-0.3, -0.25) is 14.9 Å². The molecule has 24 heavy (non-hydrogen) atoms. The Morgan fingerprint density at radius 1 is 1.25 bits per heavy atom. The van der Waals surface area contributed by atoms with E-state index in [9.17, 15) is 14.9 Å². The van der Waals surface area contributed by atoms with Gasteiger partial charge in [-0.2, -0.15) is 0 Å². The highest BCUT2D eigenvalue weighted by atomic mass is 16.6. The van der Waals surface area contributed by atoms with E-state index in [4.69, 9.17) is 4.74 Å². The molecule has 124 valence electrons. The first-order chi connectivity index (χ1) is 11.6. The molecule has 0 unspecified atom stereocenters. The van der Waals surface area contributed by atoms with Crippen LogP contribution in [0.5, 0.6) is 5.75 Å². The molecule has 1 aliphatic carbocycles. The molecular formula is C18H18N2O4. The Kier molecular flexibility index (Phi) is 4.46. The summed E-state index contributed by atoms with van der Waals surface area (Å²) in [6.45, 7) is 0. The van der Waals surface area contributed by atoms with Crippen molar-refractivity contribution in [2.45, 2.75) is 18.9 Å². The zero-order valence-corrected chi connectivity index (χ0v) is 13.3. The van der Waals surface area contributed by atoms with Gasteiger partial charge in [0.1, 0.15) is 5.75 Å². The van der Waals surface area contributed by atoms with Crippen LogP contribution in [0.15, 0.2) is 48.5 Å². The summed E-state index contributed by atoms with van der Waals surface area (Å²) in [4.78, 5) is 22.9. The van der Waals surface area contributed by atoms with Crippen LogP contribution in [0.4, 0.5) is 5.69 Å².